The predicted molar refractivity (Wildman–Crippen MR) is 35.2 cm³/mol. The Hall–Kier alpha value is -0.430. The number of nitrogens with zero attached hydrogens (tertiary/aromatic N) is 1. The van der Waals surface area contributed by atoms with E-state index in [1.807, 2.05) is 0 Å². The average molecular weight is 147 g/mol. The van der Waals surface area contributed by atoms with Crippen molar-refractivity contribution in [2.75, 3.05) is 7.05 Å². The normalized spacial score (nSPS) is 10.2. The van der Waals surface area contributed by atoms with Crippen LogP contribution in [-0.4, -0.2) is 17.6 Å². The van der Waals surface area contributed by atoms with E-state index >= 15 is 0 Å². The molecule has 4 heteroatoms. The molecule has 0 rings (SSSR count). The molecule has 1 amide bonds. The fourth-order valence-corrected chi connectivity index (χ4v) is 0.725. The van der Waals surface area contributed by atoms with Crippen LogP contribution in [0.5, 0.6) is 0 Å². The second kappa shape index (κ2) is 3.57. The Kier molecular flexibility index (Phi) is 3.40. The van der Waals surface area contributed by atoms with Crippen molar-refractivity contribution >= 4 is 14.5 Å². The van der Waals surface area contributed by atoms with E-state index in [-0.39, 0.29) is 20.4 Å². The lowest BCUT2D eigenvalue weighted by atomic mass is 10.2. The van der Waals surface area contributed by atoms with Gasteiger partial charge in [-0.05, 0) is 0 Å². The first kappa shape index (κ1) is 8.57. The van der Waals surface area contributed by atoms with Gasteiger partial charge in [0.05, 0.1) is 0 Å². The van der Waals surface area contributed by atoms with Gasteiger partial charge in [0.25, 0.3) is 8.61 Å². The molecule has 0 spiro atoms. The summed E-state index contributed by atoms with van der Waals surface area (Å²) in [5.74, 6) is -0.178. The Morgan fingerprint density at radius 2 is 2.00 bits per heavy atom. The number of carbonyl (C=O) groups excluding carboxylic acids is 1. The molecule has 0 heterocycles. The van der Waals surface area contributed by atoms with Crippen LogP contribution in [0.3, 0.4) is 0 Å². The highest BCUT2D eigenvalue weighted by Crippen LogP contribution is 2.06. The molecule has 0 fully saturated rings. The van der Waals surface area contributed by atoms with Crippen molar-refractivity contribution in [3.05, 3.63) is 0 Å². The van der Waals surface area contributed by atoms with Crippen LogP contribution in [0.1, 0.15) is 13.8 Å². The molecule has 0 saturated carbocycles. The molecule has 0 aliphatic rings. The first-order chi connectivity index (χ1) is 4.09. The number of carbonyl (C=O) groups is 1. The molecule has 0 radical (unpaired) electrons. The molecular formula is C5H10NO2P. The number of hydrogen-bond acceptors (Lipinski definition) is 2. The minimum Gasteiger partial charge on any atom is -0.274 e. The van der Waals surface area contributed by atoms with Gasteiger partial charge in [-0.15, -0.1) is 0 Å². The lowest BCUT2D eigenvalue weighted by Crippen LogP contribution is -2.21. The SMILES string of the molecule is CC(C)C(=O)N(C)P=O. The van der Waals surface area contributed by atoms with Crippen LogP contribution in [0.15, 0.2) is 0 Å². The van der Waals surface area contributed by atoms with Crippen LogP contribution in [0, 0.1) is 5.92 Å². The summed E-state index contributed by atoms with van der Waals surface area (Å²) >= 11 is 0. The lowest BCUT2D eigenvalue weighted by molar-refractivity contribution is -0.128. The molecule has 0 aliphatic heterocycles. The van der Waals surface area contributed by atoms with Crippen LogP contribution < -0.4 is 0 Å². The zero-order chi connectivity index (χ0) is 7.44. The lowest BCUT2D eigenvalue weighted by Gasteiger charge is -2.08. The second-order valence-corrected chi connectivity index (χ2v) is 2.86. The summed E-state index contributed by atoms with van der Waals surface area (Å²) in [7, 11) is 1.26. The standard InChI is InChI=1S/C5H10NO2P/c1-4(2)5(7)6(3)9-8/h4H,1-3H3. The monoisotopic (exact) mass is 147 g/mol. The van der Waals surface area contributed by atoms with Gasteiger partial charge < -0.3 is 0 Å². The molecule has 3 nitrogen and oxygen atoms in total. The summed E-state index contributed by atoms with van der Waals surface area (Å²) in [6.45, 7) is 3.54. The molecule has 0 aromatic rings. The average Bonchev–Trinajstić information content (AvgIpc) is 1.84. The molecule has 0 N–H and O–H groups in total. The van der Waals surface area contributed by atoms with Gasteiger partial charge in [-0.3, -0.25) is 9.46 Å². The van der Waals surface area contributed by atoms with Gasteiger partial charge >= 0.3 is 0 Å². The molecular weight excluding hydrogens is 137 g/mol. The number of rotatable bonds is 2. The molecule has 52 valence electrons. The fourth-order valence-electron chi connectivity index (χ4n) is 0.414. The van der Waals surface area contributed by atoms with Crippen LogP contribution in [-0.2, 0) is 9.36 Å². The van der Waals surface area contributed by atoms with Crippen LogP contribution in [0.25, 0.3) is 0 Å². The molecule has 9 heavy (non-hydrogen) atoms. The van der Waals surface area contributed by atoms with E-state index in [2.05, 4.69) is 0 Å². The first-order valence-electron chi connectivity index (χ1n) is 2.70. The summed E-state index contributed by atoms with van der Waals surface area (Å²) in [5, 5.41) is 0. The third-order valence-electron chi connectivity index (χ3n) is 0.935. The molecule has 0 aliphatic carbocycles. The van der Waals surface area contributed by atoms with Gasteiger partial charge in [-0.1, -0.05) is 13.8 Å². The van der Waals surface area contributed by atoms with Crippen molar-refractivity contribution in [3.63, 3.8) is 0 Å². The third-order valence-corrected chi connectivity index (χ3v) is 1.38. The Balaban J connectivity index is 3.87. The first-order valence-corrected chi connectivity index (χ1v) is 3.47. The molecule has 0 aromatic heterocycles. The Bertz CT molecular complexity index is 124. The van der Waals surface area contributed by atoms with Gasteiger partial charge in [0, 0.05) is 13.0 Å². The van der Waals surface area contributed by atoms with E-state index in [4.69, 9.17) is 0 Å². The second-order valence-electron chi connectivity index (χ2n) is 2.10. The van der Waals surface area contributed by atoms with Crippen LogP contribution >= 0.6 is 8.61 Å². The molecule has 0 unspecified atom stereocenters. The van der Waals surface area contributed by atoms with Crippen molar-refractivity contribution in [3.8, 4) is 0 Å². The summed E-state index contributed by atoms with van der Waals surface area (Å²) in [6.07, 6.45) is 0. The topological polar surface area (TPSA) is 37.4 Å². The van der Waals surface area contributed by atoms with Gasteiger partial charge in [0.2, 0.25) is 5.91 Å². The van der Waals surface area contributed by atoms with E-state index < -0.39 is 0 Å². The van der Waals surface area contributed by atoms with Crippen molar-refractivity contribution in [1.29, 1.82) is 0 Å². The summed E-state index contributed by atoms with van der Waals surface area (Å²) in [5.41, 5.74) is 0. The van der Waals surface area contributed by atoms with E-state index in [0.717, 1.165) is 4.67 Å². The Labute approximate surface area is 56.3 Å². The molecule has 0 atom stereocenters. The smallest absolute Gasteiger partial charge is 0.274 e. The highest BCUT2D eigenvalue weighted by atomic mass is 31.1. The summed E-state index contributed by atoms with van der Waals surface area (Å²) in [6, 6.07) is 0. The highest BCUT2D eigenvalue weighted by Gasteiger charge is 2.11. The minimum atomic E-state index is -0.233. The molecule has 0 bridgehead atoms. The maximum atomic E-state index is 10.8. The number of hydrogen-bond donors (Lipinski definition) is 0. The third kappa shape index (κ3) is 2.56. The predicted octanol–water partition coefficient (Wildman–Crippen LogP) is 1.31. The Morgan fingerprint density at radius 1 is 1.56 bits per heavy atom. The van der Waals surface area contributed by atoms with Crippen LogP contribution in [0.4, 0.5) is 0 Å². The van der Waals surface area contributed by atoms with Crippen molar-refractivity contribution in [2.24, 2.45) is 5.92 Å². The minimum absolute atomic E-state index is 0.0727. The van der Waals surface area contributed by atoms with Crippen molar-refractivity contribution in [2.45, 2.75) is 13.8 Å². The van der Waals surface area contributed by atoms with E-state index in [1.54, 1.807) is 13.8 Å². The van der Waals surface area contributed by atoms with Crippen molar-refractivity contribution < 1.29 is 9.36 Å². The van der Waals surface area contributed by atoms with Gasteiger partial charge in [-0.2, -0.15) is 0 Å². The highest BCUT2D eigenvalue weighted by molar-refractivity contribution is 7.21. The fraction of sp³-hybridized carbons (Fsp3) is 0.800. The largest absolute Gasteiger partial charge is 0.283 e. The zero-order valence-corrected chi connectivity index (χ0v) is 6.68. The molecule has 0 aromatic carbocycles. The number of amides is 1. The van der Waals surface area contributed by atoms with Gasteiger partial charge in [0.15, 0.2) is 0 Å². The Morgan fingerprint density at radius 3 is 2.11 bits per heavy atom. The quantitative estimate of drug-likeness (QED) is 0.552. The van der Waals surface area contributed by atoms with E-state index in [1.165, 1.54) is 7.05 Å². The van der Waals surface area contributed by atoms with Crippen LogP contribution in [0.2, 0.25) is 0 Å². The van der Waals surface area contributed by atoms with Crippen molar-refractivity contribution in [1.82, 2.24) is 4.67 Å². The van der Waals surface area contributed by atoms with Gasteiger partial charge in [-0.25, -0.2) is 4.57 Å². The maximum Gasteiger partial charge on any atom is 0.283 e. The van der Waals surface area contributed by atoms with Gasteiger partial charge in [0.1, 0.15) is 0 Å². The summed E-state index contributed by atoms with van der Waals surface area (Å²) < 4.78 is 11.2. The maximum absolute atomic E-state index is 10.8. The van der Waals surface area contributed by atoms with E-state index in [0.29, 0.717) is 0 Å². The summed E-state index contributed by atoms with van der Waals surface area (Å²) in [4.78, 5) is 10.8. The molecule has 0 saturated heterocycles. The zero-order valence-electron chi connectivity index (χ0n) is 5.79. The van der Waals surface area contributed by atoms with E-state index in [9.17, 15) is 9.36 Å².